The van der Waals surface area contributed by atoms with Gasteiger partial charge in [0.2, 0.25) is 0 Å². The number of aromatic hydroxyl groups is 1. The molecule has 2 aliphatic rings. The minimum atomic E-state index is -2.15. The van der Waals surface area contributed by atoms with Crippen molar-refractivity contribution < 1.29 is 24.9 Å². The first-order chi connectivity index (χ1) is 21.9. The van der Waals surface area contributed by atoms with E-state index in [1.165, 1.54) is 0 Å². The molecule has 0 aromatic heterocycles. The van der Waals surface area contributed by atoms with Gasteiger partial charge in [-0.05, 0) is 141 Å². The topological polar surface area (TPSA) is 101 Å². The molecule has 1 aromatic rings. The molecule has 7 nitrogen and oxygen atoms in total. The molecule has 2 saturated heterocycles. The third kappa shape index (κ3) is 6.36. The number of hydrogen-bond donors (Lipinski definition) is 3. The van der Waals surface area contributed by atoms with Gasteiger partial charge in [0.15, 0.2) is 5.41 Å². The van der Waals surface area contributed by atoms with Gasteiger partial charge in [0.25, 0.3) is 0 Å². The van der Waals surface area contributed by atoms with Crippen molar-refractivity contribution in [2.24, 2.45) is 17.3 Å². The Kier molecular flexibility index (Phi) is 10.8. The number of nitrogens with zero attached hydrogens (tertiary/aromatic N) is 2. The van der Waals surface area contributed by atoms with Crippen LogP contribution in [0.15, 0.2) is 12.1 Å². The molecule has 3 rings (SSSR count). The minimum Gasteiger partial charge on any atom is -0.507 e. The normalized spacial score (nSPS) is 25.8. The molecule has 280 valence electrons. The summed E-state index contributed by atoms with van der Waals surface area (Å²) in [4.78, 5) is 33.7. The molecule has 2 unspecified atom stereocenters. The molecule has 0 amide bonds. The van der Waals surface area contributed by atoms with E-state index >= 15 is 0 Å². The van der Waals surface area contributed by atoms with E-state index in [0.29, 0.717) is 25.7 Å². The van der Waals surface area contributed by atoms with Gasteiger partial charge in [0.05, 0.1) is 0 Å². The number of carboxylic acids is 2. The molecular weight excluding hydrogens is 612 g/mol. The van der Waals surface area contributed by atoms with E-state index in [2.05, 4.69) is 121 Å². The van der Waals surface area contributed by atoms with E-state index in [1.54, 1.807) is 0 Å². The van der Waals surface area contributed by atoms with Crippen LogP contribution in [-0.2, 0) is 25.8 Å². The zero-order valence-electron chi connectivity index (χ0n) is 34.3. The minimum absolute atomic E-state index is 0.0180. The van der Waals surface area contributed by atoms with Crippen molar-refractivity contribution in [3.05, 3.63) is 28.8 Å². The van der Waals surface area contributed by atoms with Crippen LogP contribution in [-0.4, -0.2) is 73.3 Å². The number of phenols is 1. The molecule has 2 atom stereocenters. The highest BCUT2D eigenvalue weighted by Crippen LogP contribution is 2.67. The maximum atomic E-state index is 14.5. The number of carbonyl (C=O) groups is 2. The maximum absolute atomic E-state index is 14.5. The van der Waals surface area contributed by atoms with Crippen LogP contribution in [0, 0.1) is 17.3 Å². The fourth-order valence-corrected chi connectivity index (χ4v) is 10.4. The van der Waals surface area contributed by atoms with Crippen LogP contribution in [0.25, 0.3) is 0 Å². The molecular formula is C42H72N2O5. The second-order valence-corrected chi connectivity index (χ2v) is 20.1. The summed E-state index contributed by atoms with van der Waals surface area (Å²) < 4.78 is 0. The number of likely N-dealkylation sites (tertiary alicyclic amines) is 2. The van der Waals surface area contributed by atoms with Gasteiger partial charge in [-0.15, -0.1) is 0 Å². The van der Waals surface area contributed by atoms with Gasteiger partial charge < -0.3 is 15.3 Å². The first-order valence-electron chi connectivity index (χ1n) is 18.8. The van der Waals surface area contributed by atoms with Gasteiger partial charge in [-0.25, -0.2) is 0 Å². The first kappa shape index (κ1) is 41.3. The number of piperidine rings is 2. The summed E-state index contributed by atoms with van der Waals surface area (Å²) in [6.45, 7) is 32.2. The molecule has 49 heavy (non-hydrogen) atoms. The summed E-state index contributed by atoms with van der Waals surface area (Å²) in [5.41, 5.74) is -3.85. The lowest BCUT2D eigenvalue weighted by molar-refractivity contribution is -0.200. The van der Waals surface area contributed by atoms with Gasteiger partial charge in [0, 0.05) is 27.6 Å². The standard InChI is InChI=1S/C42H72N2O5/c1-18-19-22-41(33(46)47,34(48)49)42(30-20-23-37(8,9)43(16)39(30,12)13,31-21-24-38(10,11)44(17)40(31,14)15)27-25-28(35(2,3)4)32(45)29(26-27)36(5,6)7/h25-26,30-31,45H,18-24H2,1-17H3,(H,46,47)(H,48,49). The van der Waals surface area contributed by atoms with Gasteiger partial charge in [-0.2, -0.15) is 0 Å². The van der Waals surface area contributed by atoms with E-state index in [9.17, 15) is 24.9 Å². The Morgan fingerprint density at radius 2 is 1.08 bits per heavy atom. The first-order valence-corrected chi connectivity index (χ1v) is 18.8. The van der Waals surface area contributed by atoms with Gasteiger partial charge in [-0.3, -0.25) is 19.4 Å². The Hall–Kier alpha value is -2.12. The van der Waals surface area contributed by atoms with Crippen LogP contribution >= 0.6 is 0 Å². The average Bonchev–Trinajstić information content (AvgIpc) is 2.93. The van der Waals surface area contributed by atoms with Crippen LogP contribution in [0.3, 0.4) is 0 Å². The van der Waals surface area contributed by atoms with Gasteiger partial charge in [0.1, 0.15) is 5.75 Å². The Morgan fingerprint density at radius 3 is 1.37 bits per heavy atom. The Bertz CT molecular complexity index is 1320. The summed E-state index contributed by atoms with van der Waals surface area (Å²) in [6.07, 6.45) is 4.12. The Morgan fingerprint density at radius 1 is 0.735 bits per heavy atom. The summed E-state index contributed by atoms with van der Waals surface area (Å²) >= 11 is 0. The van der Waals surface area contributed by atoms with E-state index in [4.69, 9.17) is 0 Å². The molecule has 1 aromatic carbocycles. The molecule has 3 N–H and O–H groups in total. The maximum Gasteiger partial charge on any atom is 0.322 e. The van der Waals surface area contributed by atoms with Crippen molar-refractivity contribution in [2.45, 2.75) is 187 Å². The predicted molar refractivity (Wildman–Crippen MR) is 202 cm³/mol. The molecule has 2 aliphatic heterocycles. The molecule has 0 saturated carbocycles. The SMILES string of the molecule is CCCCC(C(=O)O)(C(=O)O)C(c1cc(C(C)(C)C)c(O)c(C(C)(C)C)c1)(C1CCC(C)(C)N(C)C1(C)C)C1CCC(C)(C)N(C)C1(C)C. The largest absolute Gasteiger partial charge is 0.507 e. The van der Waals surface area contributed by atoms with Crippen molar-refractivity contribution in [3.63, 3.8) is 0 Å². The lowest BCUT2D eigenvalue weighted by atomic mass is 9.39. The highest BCUT2D eigenvalue weighted by atomic mass is 16.4. The number of carboxylic acid groups (broad SMARTS) is 2. The number of benzene rings is 1. The number of unbranched alkanes of at least 4 members (excludes halogenated alkanes) is 1. The lowest BCUT2D eigenvalue weighted by Crippen LogP contribution is -2.76. The summed E-state index contributed by atoms with van der Waals surface area (Å²) in [7, 11) is 4.26. The van der Waals surface area contributed by atoms with Crippen molar-refractivity contribution in [2.75, 3.05) is 14.1 Å². The second-order valence-electron chi connectivity index (χ2n) is 20.1. The van der Waals surface area contributed by atoms with Crippen molar-refractivity contribution >= 4 is 11.9 Å². The number of hydrogen-bond acceptors (Lipinski definition) is 5. The number of aliphatic carboxylic acids is 2. The van der Waals surface area contributed by atoms with Crippen molar-refractivity contribution in [1.29, 1.82) is 0 Å². The summed E-state index contributed by atoms with van der Waals surface area (Å²) in [5, 5.41) is 35.6. The van der Waals surface area contributed by atoms with E-state index < -0.39 is 44.7 Å². The highest BCUT2D eigenvalue weighted by molar-refractivity contribution is 6.01. The van der Waals surface area contributed by atoms with Crippen LogP contribution in [0.4, 0.5) is 0 Å². The quantitative estimate of drug-likeness (QED) is 0.223. The zero-order valence-corrected chi connectivity index (χ0v) is 34.3. The molecule has 2 fully saturated rings. The van der Waals surface area contributed by atoms with E-state index in [0.717, 1.165) is 29.5 Å². The van der Waals surface area contributed by atoms with Crippen LogP contribution < -0.4 is 0 Å². The molecule has 2 heterocycles. The van der Waals surface area contributed by atoms with Crippen LogP contribution in [0.5, 0.6) is 5.75 Å². The average molecular weight is 685 g/mol. The number of phenolic OH excluding ortho intramolecular Hbond substituents is 1. The fraction of sp³-hybridized carbons (Fsp3) is 0.810. The molecule has 0 bridgehead atoms. The van der Waals surface area contributed by atoms with Crippen molar-refractivity contribution in [1.82, 2.24) is 9.80 Å². The monoisotopic (exact) mass is 685 g/mol. The van der Waals surface area contributed by atoms with E-state index in [1.807, 2.05) is 19.1 Å². The highest BCUT2D eigenvalue weighted by Gasteiger charge is 2.74. The van der Waals surface area contributed by atoms with Gasteiger partial charge in [-0.1, -0.05) is 73.4 Å². The molecule has 0 radical (unpaired) electrons. The predicted octanol–water partition coefficient (Wildman–Crippen LogP) is 9.37. The molecule has 0 spiro atoms. The van der Waals surface area contributed by atoms with Crippen molar-refractivity contribution in [3.8, 4) is 5.75 Å². The van der Waals surface area contributed by atoms with Crippen LogP contribution in [0.2, 0.25) is 0 Å². The second kappa shape index (κ2) is 12.8. The Labute approximate surface area is 299 Å². The third-order valence-corrected chi connectivity index (χ3v) is 14.0. The lowest BCUT2D eigenvalue weighted by Gasteiger charge is -2.69. The van der Waals surface area contributed by atoms with Gasteiger partial charge >= 0.3 is 11.9 Å². The smallest absolute Gasteiger partial charge is 0.322 e. The zero-order chi connectivity index (χ0) is 38.1. The summed E-state index contributed by atoms with van der Waals surface area (Å²) in [5.74, 6) is -3.02. The Balaban J connectivity index is 2.86. The third-order valence-electron chi connectivity index (χ3n) is 14.0. The fourth-order valence-electron chi connectivity index (χ4n) is 10.4. The number of rotatable bonds is 9. The molecule has 7 heteroatoms. The molecule has 0 aliphatic carbocycles. The van der Waals surface area contributed by atoms with E-state index in [-0.39, 0.29) is 35.1 Å². The van der Waals surface area contributed by atoms with Crippen LogP contribution in [0.1, 0.15) is 165 Å². The summed E-state index contributed by atoms with van der Waals surface area (Å²) in [6, 6.07) is 4.06.